The maximum atomic E-state index is 3.93. The Labute approximate surface area is 114 Å². The number of piperidine rings is 1. The average molecular weight is 264 g/mol. The summed E-state index contributed by atoms with van der Waals surface area (Å²) in [5, 5.41) is 6.20. The lowest BCUT2D eigenvalue weighted by molar-refractivity contribution is 0.187. The molecule has 1 aromatic heterocycles. The van der Waals surface area contributed by atoms with Crippen molar-refractivity contribution in [3.05, 3.63) is 21.9 Å². The Morgan fingerprint density at radius 1 is 1.39 bits per heavy atom. The van der Waals surface area contributed by atoms with Gasteiger partial charge in [0, 0.05) is 23.5 Å². The van der Waals surface area contributed by atoms with Crippen LogP contribution >= 0.6 is 11.3 Å². The Balaban J connectivity index is 1.64. The Morgan fingerprint density at radius 3 is 3.22 bits per heavy atom. The molecule has 0 radical (unpaired) electrons. The van der Waals surface area contributed by atoms with Crippen LogP contribution in [0, 0.1) is 0 Å². The number of aryl methyl sites for hydroxylation is 1. The van der Waals surface area contributed by atoms with Gasteiger partial charge in [-0.3, -0.25) is 0 Å². The molecule has 1 aliphatic carbocycles. The molecule has 1 aliphatic heterocycles. The van der Waals surface area contributed by atoms with Crippen LogP contribution in [0.15, 0.2) is 11.4 Å². The molecule has 3 rings (SSSR count). The lowest BCUT2D eigenvalue weighted by atomic mass is 9.92. The van der Waals surface area contributed by atoms with Gasteiger partial charge in [-0.25, -0.2) is 0 Å². The summed E-state index contributed by atoms with van der Waals surface area (Å²) in [6.45, 7) is 6.02. The highest BCUT2D eigenvalue weighted by Gasteiger charge is 2.25. The van der Waals surface area contributed by atoms with Gasteiger partial charge < -0.3 is 10.2 Å². The van der Waals surface area contributed by atoms with Gasteiger partial charge >= 0.3 is 0 Å². The van der Waals surface area contributed by atoms with E-state index in [-0.39, 0.29) is 0 Å². The Bertz CT molecular complexity index is 388. The first-order chi connectivity index (χ1) is 8.86. The Morgan fingerprint density at radius 2 is 2.33 bits per heavy atom. The van der Waals surface area contributed by atoms with Crippen molar-refractivity contribution in [2.45, 2.75) is 51.1 Å². The molecule has 0 spiro atoms. The van der Waals surface area contributed by atoms with Crippen LogP contribution in [0.5, 0.6) is 0 Å². The highest BCUT2D eigenvalue weighted by atomic mass is 32.1. The molecule has 0 amide bonds. The number of thiophene rings is 1. The Hall–Kier alpha value is -0.380. The van der Waals surface area contributed by atoms with E-state index in [1.165, 1.54) is 51.7 Å². The zero-order valence-corrected chi connectivity index (χ0v) is 12.1. The van der Waals surface area contributed by atoms with Gasteiger partial charge in [0.05, 0.1) is 0 Å². The normalized spacial score (nSPS) is 29.2. The first-order valence-electron chi connectivity index (χ1n) is 7.41. The van der Waals surface area contributed by atoms with Crippen molar-refractivity contribution in [3.63, 3.8) is 0 Å². The first kappa shape index (κ1) is 12.6. The predicted molar refractivity (Wildman–Crippen MR) is 78.3 cm³/mol. The fourth-order valence-corrected chi connectivity index (χ4v) is 4.41. The fourth-order valence-electron chi connectivity index (χ4n) is 3.42. The molecule has 2 unspecified atom stereocenters. The second-order valence-electron chi connectivity index (χ2n) is 5.64. The average Bonchev–Trinajstić information content (AvgIpc) is 2.88. The van der Waals surface area contributed by atoms with Gasteiger partial charge in [-0.1, -0.05) is 6.92 Å². The van der Waals surface area contributed by atoms with Crippen molar-refractivity contribution >= 4 is 11.3 Å². The SMILES string of the molecule is CCN1CCCC(NC2CCCc3sccc32)C1. The van der Waals surface area contributed by atoms with Crippen LogP contribution in [0.2, 0.25) is 0 Å². The van der Waals surface area contributed by atoms with Crippen molar-refractivity contribution in [2.75, 3.05) is 19.6 Å². The van der Waals surface area contributed by atoms with Gasteiger partial charge in [0.25, 0.3) is 0 Å². The second kappa shape index (κ2) is 5.72. The van der Waals surface area contributed by atoms with Crippen LogP contribution in [0.4, 0.5) is 0 Å². The van der Waals surface area contributed by atoms with Crippen LogP contribution in [0.25, 0.3) is 0 Å². The largest absolute Gasteiger partial charge is 0.306 e. The molecule has 0 bridgehead atoms. The molecule has 100 valence electrons. The molecule has 18 heavy (non-hydrogen) atoms. The van der Waals surface area contributed by atoms with E-state index in [1.54, 1.807) is 10.4 Å². The number of rotatable bonds is 3. The van der Waals surface area contributed by atoms with E-state index in [4.69, 9.17) is 0 Å². The lowest BCUT2D eigenvalue weighted by Crippen LogP contribution is -2.47. The third-order valence-electron chi connectivity index (χ3n) is 4.44. The van der Waals surface area contributed by atoms with E-state index in [0.717, 1.165) is 0 Å². The molecule has 2 nitrogen and oxygen atoms in total. The third kappa shape index (κ3) is 2.63. The molecule has 0 aromatic carbocycles. The van der Waals surface area contributed by atoms with Crippen molar-refractivity contribution < 1.29 is 0 Å². The van der Waals surface area contributed by atoms with Gasteiger partial charge in [-0.15, -0.1) is 11.3 Å². The van der Waals surface area contributed by atoms with Crippen molar-refractivity contribution in [2.24, 2.45) is 0 Å². The summed E-state index contributed by atoms with van der Waals surface area (Å²) < 4.78 is 0. The van der Waals surface area contributed by atoms with Crippen LogP contribution in [0.1, 0.15) is 49.1 Å². The molecule has 0 saturated carbocycles. The van der Waals surface area contributed by atoms with Gasteiger partial charge in [0.1, 0.15) is 0 Å². The molecule has 3 heteroatoms. The standard InChI is InChI=1S/C15H24N2S/c1-2-17-9-4-5-12(11-17)16-14-6-3-7-15-13(14)8-10-18-15/h8,10,12,14,16H,2-7,9,11H2,1H3. The first-order valence-corrected chi connectivity index (χ1v) is 8.29. The monoisotopic (exact) mass is 264 g/mol. The maximum absolute atomic E-state index is 3.93. The Kier molecular flexibility index (Phi) is 4.02. The number of nitrogens with one attached hydrogen (secondary N) is 1. The van der Waals surface area contributed by atoms with Crippen molar-refractivity contribution in [1.82, 2.24) is 10.2 Å². The lowest BCUT2D eigenvalue weighted by Gasteiger charge is -2.36. The quantitative estimate of drug-likeness (QED) is 0.902. The molecule has 1 fully saturated rings. The number of fused-ring (bicyclic) bond motifs is 1. The van der Waals surface area contributed by atoms with Crippen LogP contribution in [-0.4, -0.2) is 30.6 Å². The maximum Gasteiger partial charge on any atom is 0.0334 e. The molecule has 2 atom stereocenters. The predicted octanol–water partition coefficient (Wildman–Crippen LogP) is 3.20. The van der Waals surface area contributed by atoms with Crippen molar-refractivity contribution in [3.8, 4) is 0 Å². The van der Waals surface area contributed by atoms with Crippen LogP contribution in [0.3, 0.4) is 0 Å². The minimum atomic E-state index is 0.627. The number of nitrogens with zero attached hydrogens (tertiary/aromatic N) is 1. The van der Waals surface area contributed by atoms with E-state index < -0.39 is 0 Å². The van der Waals surface area contributed by atoms with Crippen molar-refractivity contribution in [1.29, 1.82) is 0 Å². The van der Waals surface area contributed by atoms with E-state index in [2.05, 4.69) is 28.6 Å². The zero-order chi connectivity index (χ0) is 12.4. The van der Waals surface area contributed by atoms with E-state index in [0.29, 0.717) is 12.1 Å². The second-order valence-corrected chi connectivity index (χ2v) is 6.64. The number of likely N-dealkylation sites (tertiary alicyclic amines) is 1. The number of hydrogen-bond donors (Lipinski definition) is 1. The number of likely N-dealkylation sites (N-methyl/N-ethyl adjacent to an activating group) is 1. The summed E-state index contributed by atoms with van der Waals surface area (Å²) in [4.78, 5) is 4.21. The van der Waals surface area contributed by atoms with E-state index in [9.17, 15) is 0 Å². The minimum Gasteiger partial charge on any atom is -0.306 e. The topological polar surface area (TPSA) is 15.3 Å². The molecular formula is C15H24N2S. The summed E-state index contributed by atoms with van der Waals surface area (Å²) in [6, 6.07) is 3.67. The van der Waals surface area contributed by atoms with E-state index >= 15 is 0 Å². The molecule has 1 saturated heterocycles. The van der Waals surface area contributed by atoms with Gasteiger partial charge in [0.2, 0.25) is 0 Å². The smallest absolute Gasteiger partial charge is 0.0334 e. The van der Waals surface area contributed by atoms with Crippen LogP contribution in [-0.2, 0) is 6.42 Å². The summed E-state index contributed by atoms with van der Waals surface area (Å²) in [7, 11) is 0. The molecule has 1 N–H and O–H groups in total. The highest BCUT2D eigenvalue weighted by molar-refractivity contribution is 7.10. The van der Waals surface area contributed by atoms with Gasteiger partial charge in [0.15, 0.2) is 0 Å². The fraction of sp³-hybridized carbons (Fsp3) is 0.733. The summed E-state index contributed by atoms with van der Waals surface area (Å²) >= 11 is 1.95. The molecular weight excluding hydrogens is 240 g/mol. The summed E-state index contributed by atoms with van der Waals surface area (Å²) in [5.74, 6) is 0. The summed E-state index contributed by atoms with van der Waals surface area (Å²) in [6.07, 6.45) is 6.69. The van der Waals surface area contributed by atoms with Crippen LogP contribution < -0.4 is 5.32 Å². The summed E-state index contributed by atoms with van der Waals surface area (Å²) in [5.41, 5.74) is 1.60. The molecule has 2 heterocycles. The molecule has 1 aromatic rings. The zero-order valence-electron chi connectivity index (χ0n) is 11.3. The van der Waals surface area contributed by atoms with Gasteiger partial charge in [-0.2, -0.15) is 0 Å². The third-order valence-corrected chi connectivity index (χ3v) is 5.44. The van der Waals surface area contributed by atoms with Gasteiger partial charge in [-0.05, 0) is 62.2 Å². The minimum absolute atomic E-state index is 0.627. The molecule has 2 aliphatic rings. The number of hydrogen-bond acceptors (Lipinski definition) is 3. The van der Waals surface area contributed by atoms with E-state index in [1.807, 2.05) is 11.3 Å². The highest BCUT2D eigenvalue weighted by Crippen LogP contribution is 2.34.